The van der Waals surface area contributed by atoms with Crippen molar-refractivity contribution in [3.05, 3.63) is 42.2 Å². The van der Waals surface area contributed by atoms with E-state index in [0.29, 0.717) is 25.8 Å². The number of pyridine rings is 1. The second-order valence-corrected chi connectivity index (χ2v) is 5.54. The summed E-state index contributed by atoms with van der Waals surface area (Å²) in [5, 5.41) is 18.2. The number of aliphatic hydroxyl groups excluding tert-OH is 1. The van der Waals surface area contributed by atoms with Gasteiger partial charge in [-0.05, 0) is 35.7 Å². The molecule has 1 aromatic heterocycles. The van der Waals surface area contributed by atoms with Gasteiger partial charge in [0, 0.05) is 30.5 Å². The minimum absolute atomic E-state index is 0.105. The molecule has 0 aliphatic carbocycles. The first-order chi connectivity index (χ1) is 12.2. The lowest BCUT2D eigenvalue weighted by Crippen LogP contribution is -2.14. The highest BCUT2D eigenvalue weighted by molar-refractivity contribution is 6.15. The van der Waals surface area contributed by atoms with Gasteiger partial charge in [0.25, 0.3) is 0 Å². The number of benzene rings is 1. The number of methoxy groups -OCH3 is 1. The van der Waals surface area contributed by atoms with Crippen molar-refractivity contribution < 1.29 is 24.3 Å². The molecular weight excluding hydrogens is 321 g/mol. The minimum atomic E-state index is -0.273. The summed E-state index contributed by atoms with van der Waals surface area (Å²) in [6.45, 7) is 2.72. The highest BCUT2D eigenvalue weighted by Gasteiger charge is 2.14. The van der Waals surface area contributed by atoms with E-state index < -0.39 is 0 Å². The highest BCUT2D eigenvalue weighted by Crippen LogP contribution is 2.33. The molecule has 2 rings (SSSR count). The van der Waals surface area contributed by atoms with Crippen molar-refractivity contribution in [1.29, 1.82) is 0 Å². The third-order valence-electron chi connectivity index (χ3n) is 3.78. The van der Waals surface area contributed by atoms with E-state index in [4.69, 9.17) is 19.2 Å². The zero-order valence-corrected chi connectivity index (χ0v) is 14.5. The first-order valence-electron chi connectivity index (χ1n) is 8.18. The van der Waals surface area contributed by atoms with E-state index in [2.05, 4.69) is 4.98 Å². The smallest absolute Gasteiger partial charge is 0.485 e. The topological polar surface area (TPSA) is 81.0 Å². The van der Waals surface area contributed by atoms with Crippen LogP contribution in [0.2, 0.25) is 0 Å². The van der Waals surface area contributed by atoms with E-state index in [1.54, 1.807) is 19.5 Å². The molecule has 6 nitrogen and oxygen atoms in total. The molecule has 1 aromatic carbocycles. The lowest BCUT2D eigenvalue weighted by atomic mass is 9.98. The molecule has 0 unspecified atom stereocenters. The fraction of sp³-hybridized carbons (Fsp3) is 0.389. The maximum atomic E-state index is 9.54. The summed E-state index contributed by atoms with van der Waals surface area (Å²) >= 11 is 0. The maximum Gasteiger partial charge on any atom is 0.485 e. The lowest BCUT2D eigenvalue weighted by molar-refractivity contribution is 0.195. The summed E-state index contributed by atoms with van der Waals surface area (Å²) in [6, 6.07) is 7.66. The number of hydrogen-bond acceptors (Lipinski definition) is 6. The Morgan fingerprint density at radius 1 is 1.16 bits per heavy atom. The van der Waals surface area contributed by atoms with Gasteiger partial charge in [0.2, 0.25) is 0 Å². The van der Waals surface area contributed by atoms with Crippen LogP contribution >= 0.6 is 0 Å². The molecule has 7 heteroatoms. The summed E-state index contributed by atoms with van der Waals surface area (Å²) in [5.41, 5.74) is 2.66. The van der Waals surface area contributed by atoms with Gasteiger partial charge in [-0.25, -0.2) is 0 Å². The Labute approximate surface area is 148 Å². The number of aliphatic hydroxyl groups is 1. The minimum Gasteiger partial charge on any atom is -0.493 e. The first-order valence-corrected chi connectivity index (χ1v) is 8.18. The number of rotatable bonds is 10. The van der Waals surface area contributed by atoms with Gasteiger partial charge in [0.1, 0.15) is 0 Å². The quantitative estimate of drug-likeness (QED) is 0.643. The average Bonchev–Trinajstić information content (AvgIpc) is 2.67. The summed E-state index contributed by atoms with van der Waals surface area (Å²) in [4.78, 5) is 4.26. The predicted molar refractivity (Wildman–Crippen MR) is 95.8 cm³/mol. The molecule has 133 valence electrons. The van der Waals surface area contributed by atoms with Crippen LogP contribution in [0.1, 0.15) is 24.8 Å². The molecule has 0 saturated heterocycles. The standard InChI is InChI=1S/C18H23BNO5/c1-3-6-24-18-8-13(4-5-17(18)23-2)14-7-15(10-20-9-14)16(11-21)12-25-19-22/h4-5,7-10,16,21-22H,3,6,11-12H2,1-2H3/t16-/m0/s1. The van der Waals surface area contributed by atoms with Crippen molar-refractivity contribution in [3.63, 3.8) is 0 Å². The Hall–Kier alpha value is -2.09. The van der Waals surface area contributed by atoms with Crippen molar-refractivity contribution in [2.24, 2.45) is 0 Å². The van der Waals surface area contributed by atoms with Crippen LogP contribution in [0.4, 0.5) is 0 Å². The number of aromatic nitrogens is 1. The number of hydrogen-bond donors (Lipinski definition) is 2. The van der Waals surface area contributed by atoms with Crippen molar-refractivity contribution in [2.45, 2.75) is 19.3 Å². The van der Waals surface area contributed by atoms with E-state index in [0.717, 1.165) is 23.1 Å². The molecule has 0 saturated carbocycles. The molecule has 0 aliphatic rings. The van der Waals surface area contributed by atoms with E-state index in [9.17, 15) is 5.11 Å². The van der Waals surface area contributed by atoms with Crippen LogP contribution < -0.4 is 9.47 Å². The summed E-state index contributed by atoms with van der Waals surface area (Å²) in [5.74, 6) is 1.09. The summed E-state index contributed by atoms with van der Waals surface area (Å²) in [7, 11) is 2.24. The third-order valence-corrected chi connectivity index (χ3v) is 3.78. The van der Waals surface area contributed by atoms with Crippen LogP contribution in [0.3, 0.4) is 0 Å². The largest absolute Gasteiger partial charge is 0.493 e. The molecule has 1 atom stereocenters. The summed E-state index contributed by atoms with van der Waals surface area (Å²) < 4.78 is 16.0. The molecule has 0 fully saturated rings. The predicted octanol–water partition coefficient (Wildman–Crippen LogP) is 2.16. The van der Waals surface area contributed by atoms with E-state index >= 15 is 0 Å². The van der Waals surface area contributed by atoms with Crippen molar-refractivity contribution in [2.75, 3.05) is 26.9 Å². The highest BCUT2D eigenvalue weighted by atomic mass is 16.5. The molecule has 0 aliphatic heterocycles. The summed E-state index contributed by atoms with van der Waals surface area (Å²) in [6.07, 6.45) is 4.34. The normalized spacial score (nSPS) is 11.8. The van der Waals surface area contributed by atoms with E-state index in [-0.39, 0.29) is 19.1 Å². The van der Waals surface area contributed by atoms with Crippen molar-refractivity contribution in [3.8, 4) is 22.6 Å². The van der Waals surface area contributed by atoms with Crippen LogP contribution in [-0.4, -0.2) is 49.7 Å². The second-order valence-electron chi connectivity index (χ2n) is 5.54. The molecule has 1 radical (unpaired) electrons. The monoisotopic (exact) mass is 344 g/mol. The van der Waals surface area contributed by atoms with Crippen LogP contribution in [0, 0.1) is 0 Å². The molecule has 0 bridgehead atoms. The van der Waals surface area contributed by atoms with Crippen LogP contribution in [-0.2, 0) is 4.65 Å². The van der Waals surface area contributed by atoms with Gasteiger partial charge >= 0.3 is 7.69 Å². The fourth-order valence-electron chi connectivity index (χ4n) is 2.43. The van der Waals surface area contributed by atoms with E-state index in [1.807, 2.05) is 31.2 Å². The van der Waals surface area contributed by atoms with Gasteiger partial charge < -0.3 is 24.3 Å². The van der Waals surface area contributed by atoms with Gasteiger partial charge in [0.05, 0.1) is 20.3 Å². The zero-order valence-electron chi connectivity index (χ0n) is 14.5. The fourth-order valence-corrected chi connectivity index (χ4v) is 2.43. The Morgan fingerprint density at radius 2 is 2.00 bits per heavy atom. The van der Waals surface area contributed by atoms with Gasteiger partial charge in [-0.3, -0.25) is 4.98 Å². The lowest BCUT2D eigenvalue weighted by Gasteiger charge is -2.15. The van der Waals surface area contributed by atoms with Crippen LogP contribution in [0.25, 0.3) is 11.1 Å². The molecule has 2 N–H and O–H groups in total. The molecule has 2 aromatic rings. The van der Waals surface area contributed by atoms with Crippen molar-refractivity contribution >= 4 is 7.69 Å². The molecule has 25 heavy (non-hydrogen) atoms. The first kappa shape index (κ1) is 19.2. The third kappa shape index (κ3) is 5.19. The Morgan fingerprint density at radius 3 is 2.68 bits per heavy atom. The Bertz CT molecular complexity index is 668. The molecule has 1 heterocycles. The maximum absolute atomic E-state index is 9.54. The Balaban J connectivity index is 2.30. The second kappa shape index (κ2) is 10.0. The van der Waals surface area contributed by atoms with E-state index in [1.165, 1.54) is 0 Å². The zero-order chi connectivity index (χ0) is 18.1. The molecular formula is C18H23BNO5. The van der Waals surface area contributed by atoms with Crippen LogP contribution in [0.5, 0.6) is 11.5 Å². The van der Waals surface area contributed by atoms with Gasteiger partial charge in [0.15, 0.2) is 11.5 Å². The van der Waals surface area contributed by atoms with Gasteiger partial charge in [-0.15, -0.1) is 0 Å². The average molecular weight is 344 g/mol. The molecule has 0 spiro atoms. The molecule has 0 amide bonds. The SMILES string of the molecule is CCCOc1cc(-c2cncc([C@@H](CO)CO[B]O)c2)ccc1OC. The van der Waals surface area contributed by atoms with Gasteiger partial charge in [-0.1, -0.05) is 13.0 Å². The number of ether oxygens (including phenoxy) is 2. The van der Waals surface area contributed by atoms with Crippen LogP contribution in [0.15, 0.2) is 36.7 Å². The Kier molecular flexibility index (Phi) is 7.72. The number of nitrogens with zero attached hydrogens (tertiary/aromatic N) is 1. The van der Waals surface area contributed by atoms with Gasteiger partial charge in [-0.2, -0.15) is 0 Å². The van der Waals surface area contributed by atoms with Crippen molar-refractivity contribution in [1.82, 2.24) is 4.98 Å².